The third-order valence-electron chi connectivity index (χ3n) is 5.55. The Bertz CT molecular complexity index is 1250. The molecule has 0 unspecified atom stereocenters. The summed E-state index contributed by atoms with van der Waals surface area (Å²) in [4.78, 5) is 34.2. The maximum Gasteiger partial charge on any atom is 0.263 e. The number of aromatic nitrogens is 2. The van der Waals surface area contributed by atoms with Gasteiger partial charge in [-0.3, -0.25) is 19.1 Å². The lowest BCUT2D eigenvalue weighted by Crippen LogP contribution is -2.40. The second-order valence-electron chi connectivity index (χ2n) is 7.76. The molecular weight excluding hydrogens is 428 g/mol. The molecule has 0 saturated carbocycles. The summed E-state index contributed by atoms with van der Waals surface area (Å²) in [6.07, 6.45) is 2.40. The summed E-state index contributed by atoms with van der Waals surface area (Å²) in [6, 6.07) is 14.4. The minimum atomic E-state index is -0.165. The van der Waals surface area contributed by atoms with E-state index in [1.54, 1.807) is 11.3 Å². The van der Waals surface area contributed by atoms with Crippen LogP contribution in [-0.4, -0.2) is 39.5 Å². The molecule has 1 aliphatic heterocycles. The number of fused-ring (bicyclic) bond motifs is 1. The average molecular weight is 451 g/mol. The lowest BCUT2D eigenvalue weighted by Gasteiger charge is -2.17. The van der Waals surface area contributed by atoms with Crippen LogP contribution in [0.5, 0.6) is 0 Å². The van der Waals surface area contributed by atoms with Crippen molar-refractivity contribution in [2.24, 2.45) is 0 Å². The van der Waals surface area contributed by atoms with Gasteiger partial charge in [-0.05, 0) is 23.4 Å². The Morgan fingerprint density at radius 2 is 2.03 bits per heavy atom. The number of nitrogens with zero attached hydrogens (tertiary/aromatic N) is 3. The van der Waals surface area contributed by atoms with Crippen LogP contribution < -0.4 is 10.9 Å². The Kier molecular flexibility index (Phi) is 5.67. The average Bonchev–Trinajstić information content (AvgIpc) is 3.52. The Morgan fingerprint density at radius 3 is 2.84 bits per heavy atom. The molecule has 1 N–H and O–H groups in total. The van der Waals surface area contributed by atoms with Crippen molar-refractivity contribution in [3.8, 4) is 10.4 Å². The van der Waals surface area contributed by atoms with Crippen LogP contribution in [0.2, 0.25) is 0 Å². The van der Waals surface area contributed by atoms with E-state index in [1.807, 2.05) is 41.1 Å². The predicted octanol–water partition coefficient (Wildman–Crippen LogP) is 3.58. The molecule has 0 aliphatic carbocycles. The number of carbonyl (C=O) groups excluding carboxylic acids is 1. The lowest BCUT2D eigenvalue weighted by molar-refractivity contribution is -0.122. The van der Waals surface area contributed by atoms with Crippen LogP contribution in [0.15, 0.2) is 64.3 Å². The number of hydrogen-bond donors (Lipinski definition) is 1. The first-order valence-corrected chi connectivity index (χ1v) is 12.0. The highest BCUT2D eigenvalue weighted by atomic mass is 32.1. The first-order valence-electron chi connectivity index (χ1n) is 10.2. The van der Waals surface area contributed by atoms with Crippen LogP contribution in [0.25, 0.3) is 20.7 Å². The van der Waals surface area contributed by atoms with Gasteiger partial charge in [0.1, 0.15) is 11.4 Å². The van der Waals surface area contributed by atoms with Gasteiger partial charge >= 0.3 is 0 Å². The summed E-state index contributed by atoms with van der Waals surface area (Å²) in [5, 5.41) is 7.64. The van der Waals surface area contributed by atoms with Gasteiger partial charge in [0.2, 0.25) is 5.91 Å². The molecule has 0 bridgehead atoms. The van der Waals surface area contributed by atoms with E-state index >= 15 is 0 Å². The van der Waals surface area contributed by atoms with Crippen molar-refractivity contribution in [2.75, 3.05) is 13.1 Å². The van der Waals surface area contributed by atoms with E-state index in [2.05, 4.69) is 27.3 Å². The molecule has 31 heavy (non-hydrogen) atoms. The zero-order valence-corrected chi connectivity index (χ0v) is 18.5. The smallest absolute Gasteiger partial charge is 0.263 e. The zero-order chi connectivity index (χ0) is 21.2. The molecule has 3 aromatic heterocycles. The summed E-state index contributed by atoms with van der Waals surface area (Å²) in [5.74, 6) is -0.150. The second-order valence-corrected chi connectivity index (χ2v) is 9.56. The summed E-state index contributed by atoms with van der Waals surface area (Å²) in [5.41, 5.74) is 2.01. The molecule has 4 aromatic rings. The summed E-state index contributed by atoms with van der Waals surface area (Å²) in [6.45, 7) is 2.64. The Balaban J connectivity index is 1.25. The second kappa shape index (κ2) is 8.74. The number of benzene rings is 1. The molecule has 1 fully saturated rings. The van der Waals surface area contributed by atoms with Gasteiger partial charge in [-0.2, -0.15) is 0 Å². The molecule has 1 saturated heterocycles. The summed E-state index contributed by atoms with van der Waals surface area (Å²) < 4.78 is 1.41. The van der Waals surface area contributed by atoms with Gasteiger partial charge in [0, 0.05) is 41.5 Å². The van der Waals surface area contributed by atoms with E-state index < -0.39 is 0 Å². The van der Waals surface area contributed by atoms with E-state index in [-0.39, 0.29) is 24.1 Å². The van der Waals surface area contributed by atoms with Gasteiger partial charge in [0.05, 0.1) is 11.7 Å². The number of thiophene rings is 2. The molecule has 0 spiro atoms. The van der Waals surface area contributed by atoms with Crippen molar-refractivity contribution in [1.29, 1.82) is 0 Å². The third kappa shape index (κ3) is 4.32. The Labute approximate surface area is 187 Å². The quantitative estimate of drug-likeness (QED) is 0.488. The standard InChI is InChI=1S/C23H22N4O2S2/c28-20(25-17-8-9-26(12-17)11-16-5-2-1-3-6-16)13-27-15-24-22-21(23(27)29)18(14-31-22)19-7-4-10-30-19/h1-7,10,14-15,17H,8-9,11-13H2,(H,25,28)/t17-/m1/s1. The van der Waals surface area contributed by atoms with Crippen molar-refractivity contribution < 1.29 is 4.79 Å². The van der Waals surface area contributed by atoms with Crippen LogP contribution in [0, 0.1) is 0 Å². The highest BCUT2D eigenvalue weighted by Crippen LogP contribution is 2.33. The molecular formula is C23H22N4O2S2. The fourth-order valence-electron chi connectivity index (χ4n) is 4.06. The molecule has 158 valence electrons. The van der Waals surface area contributed by atoms with Gasteiger partial charge in [-0.25, -0.2) is 4.98 Å². The first-order chi connectivity index (χ1) is 15.2. The number of likely N-dealkylation sites (tertiary alicyclic amines) is 1. The van der Waals surface area contributed by atoms with Crippen molar-refractivity contribution in [3.05, 3.63) is 75.5 Å². The normalized spacial score (nSPS) is 16.7. The number of rotatable bonds is 6. The zero-order valence-electron chi connectivity index (χ0n) is 16.9. The lowest BCUT2D eigenvalue weighted by atomic mass is 10.2. The highest BCUT2D eigenvalue weighted by molar-refractivity contribution is 7.18. The van der Waals surface area contributed by atoms with E-state index in [9.17, 15) is 9.59 Å². The monoisotopic (exact) mass is 450 g/mol. The Hall–Kier alpha value is -2.81. The van der Waals surface area contributed by atoms with E-state index in [0.717, 1.165) is 36.5 Å². The fraction of sp³-hybridized carbons (Fsp3) is 0.261. The van der Waals surface area contributed by atoms with Crippen molar-refractivity contribution in [1.82, 2.24) is 19.8 Å². The first kappa shape index (κ1) is 20.1. The molecule has 6 nitrogen and oxygen atoms in total. The number of carbonyl (C=O) groups is 1. The van der Waals surface area contributed by atoms with E-state index in [0.29, 0.717) is 10.2 Å². The van der Waals surface area contributed by atoms with Crippen LogP contribution in [0.1, 0.15) is 12.0 Å². The molecule has 1 amide bonds. The van der Waals surface area contributed by atoms with Gasteiger partial charge in [0.25, 0.3) is 5.56 Å². The summed E-state index contributed by atoms with van der Waals surface area (Å²) in [7, 11) is 0. The number of amides is 1. The summed E-state index contributed by atoms with van der Waals surface area (Å²) >= 11 is 3.05. The van der Waals surface area contributed by atoms with Gasteiger partial charge in [-0.15, -0.1) is 22.7 Å². The van der Waals surface area contributed by atoms with Crippen molar-refractivity contribution in [3.63, 3.8) is 0 Å². The number of hydrogen-bond acceptors (Lipinski definition) is 6. The topological polar surface area (TPSA) is 67.2 Å². The van der Waals surface area contributed by atoms with Gasteiger partial charge < -0.3 is 5.32 Å². The largest absolute Gasteiger partial charge is 0.350 e. The molecule has 5 rings (SSSR count). The SMILES string of the molecule is O=C(Cn1cnc2scc(-c3cccs3)c2c1=O)N[C@@H]1CCN(Cc2ccccc2)C1. The third-order valence-corrected chi connectivity index (χ3v) is 7.34. The van der Waals surface area contributed by atoms with Crippen LogP contribution in [0.3, 0.4) is 0 Å². The maximum atomic E-state index is 13.1. The Morgan fingerprint density at radius 1 is 1.16 bits per heavy atom. The molecule has 8 heteroatoms. The van der Waals surface area contributed by atoms with Crippen molar-refractivity contribution >= 4 is 38.8 Å². The highest BCUT2D eigenvalue weighted by Gasteiger charge is 2.24. The minimum Gasteiger partial charge on any atom is -0.350 e. The fourth-order valence-corrected chi connectivity index (χ4v) is 5.78. The van der Waals surface area contributed by atoms with E-state index in [4.69, 9.17) is 0 Å². The van der Waals surface area contributed by atoms with Crippen LogP contribution in [0.4, 0.5) is 0 Å². The molecule has 1 aromatic carbocycles. The van der Waals surface area contributed by atoms with Crippen LogP contribution in [-0.2, 0) is 17.9 Å². The molecule has 1 aliphatic rings. The molecule has 1 atom stereocenters. The minimum absolute atomic E-state index is 0.0172. The van der Waals surface area contributed by atoms with E-state index in [1.165, 1.54) is 27.8 Å². The number of nitrogens with one attached hydrogen (secondary N) is 1. The van der Waals surface area contributed by atoms with Crippen molar-refractivity contribution in [2.45, 2.75) is 25.6 Å². The molecule has 4 heterocycles. The molecule has 0 radical (unpaired) electrons. The maximum absolute atomic E-state index is 13.1. The van der Waals surface area contributed by atoms with Gasteiger partial charge in [0.15, 0.2) is 0 Å². The van der Waals surface area contributed by atoms with Crippen LogP contribution >= 0.6 is 22.7 Å². The predicted molar refractivity (Wildman–Crippen MR) is 125 cm³/mol. The van der Waals surface area contributed by atoms with Gasteiger partial charge in [-0.1, -0.05) is 36.4 Å².